The van der Waals surface area contributed by atoms with Gasteiger partial charge in [-0.1, -0.05) is 18.2 Å². The lowest BCUT2D eigenvalue weighted by Gasteiger charge is -2.28. The monoisotopic (exact) mass is 399 g/mol. The Morgan fingerprint density at radius 1 is 1.21 bits per heavy atom. The van der Waals surface area contributed by atoms with Crippen LogP contribution in [-0.4, -0.2) is 45.0 Å². The molecule has 0 spiro atoms. The molecule has 0 saturated heterocycles. The molecule has 3 rings (SSSR count). The topological polar surface area (TPSA) is 101 Å². The van der Waals surface area contributed by atoms with Gasteiger partial charge in [-0.3, -0.25) is 29.4 Å². The van der Waals surface area contributed by atoms with Crippen molar-refractivity contribution in [1.29, 1.82) is 0 Å². The minimum Gasteiger partial charge on any atom is -0.337 e. The standard InChI is InChI=1S/C20H18FN3O5/c1-3-22(11-13-6-4-7-14(21)10-13)18(25)12(2)23-19(26)15-8-5-9-16(24(28)29)17(15)20(23)27/h4-10,12H,3,11H2,1-2H3/t12-/m0/s1. The molecule has 29 heavy (non-hydrogen) atoms. The minimum absolute atomic E-state index is 0.0980. The van der Waals surface area contributed by atoms with Gasteiger partial charge in [0, 0.05) is 19.2 Å². The van der Waals surface area contributed by atoms with Crippen molar-refractivity contribution in [2.24, 2.45) is 0 Å². The van der Waals surface area contributed by atoms with Crippen molar-refractivity contribution >= 4 is 23.4 Å². The van der Waals surface area contributed by atoms with Gasteiger partial charge in [0.2, 0.25) is 5.91 Å². The van der Waals surface area contributed by atoms with E-state index in [1.807, 2.05) is 0 Å². The van der Waals surface area contributed by atoms with E-state index in [4.69, 9.17) is 0 Å². The largest absolute Gasteiger partial charge is 0.337 e. The first-order chi connectivity index (χ1) is 13.8. The second-order valence-electron chi connectivity index (χ2n) is 6.60. The molecule has 1 atom stereocenters. The number of imide groups is 1. The Morgan fingerprint density at radius 2 is 1.90 bits per heavy atom. The van der Waals surface area contributed by atoms with E-state index in [0.717, 1.165) is 11.0 Å². The summed E-state index contributed by atoms with van der Waals surface area (Å²) in [6, 6.07) is 8.38. The van der Waals surface area contributed by atoms with E-state index in [2.05, 4.69) is 0 Å². The van der Waals surface area contributed by atoms with Gasteiger partial charge in [0.15, 0.2) is 0 Å². The van der Waals surface area contributed by atoms with Gasteiger partial charge in [0.05, 0.1) is 10.5 Å². The van der Waals surface area contributed by atoms with E-state index in [1.54, 1.807) is 13.0 Å². The van der Waals surface area contributed by atoms with Crippen molar-refractivity contribution in [2.45, 2.75) is 26.4 Å². The predicted molar refractivity (Wildman–Crippen MR) is 101 cm³/mol. The van der Waals surface area contributed by atoms with Crippen molar-refractivity contribution in [1.82, 2.24) is 9.80 Å². The van der Waals surface area contributed by atoms with Gasteiger partial charge < -0.3 is 4.90 Å². The number of hydrogen-bond donors (Lipinski definition) is 0. The lowest BCUT2D eigenvalue weighted by atomic mass is 10.1. The molecule has 1 heterocycles. The summed E-state index contributed by atoms with van der Waals surface area (Å²) in [6.07, 6.45) is 0. The Bertz CT molecular complexity index is 1020. The molecule has 0 radical (unpaired) electrons. The molecule has 0 unspecified atom stereocenters. The van der Waals surface area contributed by atoms with Crippen LogP contribution in [0.5, 0.6) is 0 Å². The van der Waals surface area contributed by atoms with Gasteiger partial charge in [0.25, 0.3) is 17.5 Å². The summed E-state index contributed by atoms with van der Waals surface area (Å²) in [7, 11) is 0. The third-order valence-electron chi connectivity index (χ3n) is 4.82. The van der Waals surface area contributed by atoms with Crippen LogP contribution in [0.25, 0.3) is 0 Å². The first-order valence-corrected chi connectivity index (χ1v) is 8.94. The molecular weight excluding hydrogens is 381 g/mol. The number of nitro benzene ring substituents is 1. The zero-order chi connectivity index (χ0) is 21.3. The fourth-order valence-corrected chi connectivity index (χ4v) is 3.37. The molecule has 0 fully saturated rings. The number of halogens is 1. The zero-order valence-corrected chi connectivity index (χ0v) is 15.8. The molecule has 0 bridgehead atoms. The van der Waals surface area contributed by atoms with Crippen molar-refractivity contribution < 1.29 is 23.7 Å². The van der Waals surface area contributed by atoms with E-state index in [1.165, 1.54) is 42.2 Å². The average Bonchev–Trinajstić information content (AvgIpc) is 2.95. The molecule has 2 aromatic rings. The fourth-order valence-electron chi connectivity index (χ4n) is 3.37. The third kappa shape index (κ3) is 3.58. The maximum absolute atomic E-state index is 13.4. The van der Waals surface area contributed by atoms with Crippen molar-refractivity contribution in [3.05, 3.63) is 75.1 Å². The molecule has 1 aliphatic rings. The predicted octanol–water partition coefficient (Wildman–Crippen LogP) is 2.77. The van der Waals surface area contributed by atoms with E-state index in [-0.39, 0.29) is 24.2 Å². The Labute approximate surface area is 165 Å². The Balaban J connectivity index is 1.87. The van der Waals surface area contributed by atoms with Crippen molar-refractivity contribution in [3.8, 4) is 0 Å². The number of nitrogens with zero attached hydrogens (tertiary/aromatic N) is 3. The Morgan fingerprint density at radius 3 is 2.52 bits per heavy atom. The first-order valence-electron chi connectivity index (χ1n) is 8.94. The van der Waals surface area contributed by atoms with Crippen LogP contribution in [0.15, 0.2) is 42.5 Å². The van der Waals surface area contributed by atoms with Gasteiger partial charge in [-0.2, -0.15) is 0 Å². The minimum atomic E-state index is -1.17. The van der Waals surface area contributed by atoms with E-state index in [9.17, 15) is 28.9 Å². The molecule has 8 nitrogen and oxygen atoms in total. The van der Waals surface area contributed by atoms with Crippen LogP contribution in [0.2, 0.25) is 0 Å². The summed E-state index contributed by atoms with van der Waals surface area (Å²) < 4.78 is 13.4. The number of benzene rings is 2. The summed E-state index contributed by atoms with van der Waals surface area (Å²) in [4.78, 5) is 51.1. The van der Waals surface area contributed by atoms with Crippen LogP contribution in [-0.2, 0) is 11.3 Å². The van der Waals surface area contributed by atoms with Crippen LogP contribution >= 0.6 is 0 Å². The molecule has 1 aliphatic heterocycles. The number of hydrogen-bond acceptors (Lipinski definition) is 5. The zero-order valence-electron chi connectivity index (χ0n) is 15.8. The van der Waals surface area contributed by atoms with E-state index >= 15 is 0 Å². The smallest absolute Gasteiger partial charge is 0.282 e. The summed E-state index contributed by atoms with van der Waals surface area (Å²) in [6.45, 7) is 3.48. The fraction of sp³-hybridized carbons (Fsp3) is 0.250. The van der Waals surface area contributed by atoms with Crippen LogP contribution in [0.1, 0.15) is 40.1 Å². The van der Waals surface area contributed by atoms with Crippen LogP contribution in [0, 0.1) is 15.9 Å². The van der Waals surface area contributed by atoms with Crippen LogP contribution in [0.4, 0.5) is 10.1 Å². The average molecular weight is 399 g/mol. The highest BCUT2D eigenvalue weighted by molar-refractivity contribution is 6.24. The van der Waals surface area contributed by atoms with Gasteiger partial charge >= 0.3 is 0 Å². The number of rotatable bonds is 6. The normalized spacial score (nSPS) is 14.0. The highest BCUT2D eigenvalue weighted by Gasteiger charge is 2.45. The summed E-state index contributed by atoms with van der Waals surface area (Å²) in [5.41, 5.74) is -0.326. The van der Waals surface area contributed by atoms with Crippen molar-refractivity contribution in [3.63, 3.8) is 0 Å². The highest BCUT2D eigenvalue weighted by Crippen LogP contribution is 2.32. The summed E-state index contributed by atoms with van der Waals surface area (Å²) in [5.74, 6) is -2.59. The highest BCUT2D eigenvalue weighted by atomic mass is 19.1. The molecule has 0 N–H and O–H groups in total. The Hall–Kier alpha value is -3.62. The summed E-state index contributed by atoms with van der Waals surface area (Å²) >= 11 is 0. The van der Waals surface area contributed by atoms with E-state index in [0.29, 0.717) is 5.56 Å². The van der Waals surface area contributed by atoms with E-state index < -0.39 is 40.2 Å². The number of nitro groups is 1. The molecule has 150 valence electrons. The molecule has 2 aromatic carbocycles. The Kier molecular flexibility index (Phi) is 5.40. The van der Waals surface area contributed by atoms with Crippen LogP contribution < -0.4 is 0 Å². The maximum Gasteiger partial charge on any atom is 0.282 e. The molecule has 9 heteroatoms. The number of likely N-dealkylation sites (N-methyl/N-ethyl adjacent to an activating group) is 1. The third-order valence-corrected chi connectivity index (χ3v) is 4.82. The molecule has 0 aliphatic carbocycles. The van der Waals surface area contributed by atoms with Crippen LogP contribution in [0.3, 0.4) is 0 Å². The maximum atomic E-state index is 13.4. The van der Waals surface area contributed by atoms with Gasteiger partial charge in [-0.15, -0.1) is 0 Å². The lowest BCUT2D eigenvalue weighted by Crippen LogP contribution is -2.49. The number of amides is 3. The quantitative estimate of drug-likeness (QED) is 0.422. The van der Waals surface area contributed by atoms with Crippen molar-refractivity contribution in [2.75, 3.05) is 6.54 Å². The van der Waals surface area contributed by atoms with Gasteiger partial charge in [-0.25, -0.2) is 4.39 Å². The number of fused-ring (bicyclic) bond motifs is 1. The van der Waals surface area contributed by atoms with Gasteiger partial charge in [-0.05, 0) is 37.6 Å². The molecule has 0 saturated carbocycles. The summed E-state index contributed by atoms with van der Waals surface area (Å²) in [5, 5.41) is 11.2. The number of carbonyl (C=O) groups excluding carboxylic acids is 3. The van der Waals surface area contributed by atoms with Gasteiger partial charge in [0.1, 0.15) is 17.4 Å². The number of carbonyl (C=O) groups is 3. The molecule has 0 aromatic heterocycles. The first kappa shape index (κ1) is 20.1. The molecular formula is C20H18FN3O5. The molecule has 3 amide bonds. The lowest BCUT2D eigenvalue weighted by molar-refractivity contribution is -0.385. The second-order valence-corrected chi connectivity index (χ2v) is 6.60. The second kappa shape index (κ2) is 7.78. The SMILES string of the molecule is CCN(Cc1cccc(F)c1)C(=O)[C@H](C)N1C(=O)c2cccc([N+](=O)[O-])c2C1=O.